The second-order valence-corrected chi connectivity index (χ2v) is 7.37. The third-order valence-electron chi connectivity index (χ3n) is 5.03. The number of rotatable bonds is 7. The molecular formula is C27H21N3O5. The summed E-state index contributed by atoms with van der Waals surface area (Å²) in [5, 5.41) is 6.90. The number of hydrogen-bond donors (Lipinski definition) is 2. The molecule has 4 aromatic rings. The number of carbonyl (C=O) groups excluding carboxylic acids is 2. The number of carbonyl (C=O) groups is 2. The van der Waals surface area contributed by atoms with E-state index in [1.165, 1.54) is 18.6 Å². The van der Waals surface area contributed by atoms with Gasteiger partial charge in [0.2, 0.25) is 5.43 Å². The van der Waals surface area contributed by atoms with E-state index in [-0.39, 0.29) is 16.7 Å². The number of fused-ring (bicyclic) bond motifs is 1. The molecule has 0 radical (unpaired) electrons. The van der Waals surface area contributed by atoms with Gasteiger partial charge in [-0.05, 0) is 48.0 Å². The predicted molar refractivity (Wildman–Crippen MR) is 133 cm³/mol. The lowest BCUT2D eigenvalue weighted by molar-refractivity contribution is -0.117. The number of benzene rings is 3. The summed E-state index contributed by atoms with van der Waals surface area (Å²) in [5.41, 5.74) is 3.69. The van der Waals surface area contributed by atoms with Crippen molar-refractivity contribution in [3.05, 3.63) is 118 Å². The van der Waals surface area contributed by atoms with Gasteiger partial charge >= 0.3 is 0 Å². The lowest BCUT2D eigenvalue weighted by atomic mass is 10.1. The highest BCUT2D eigenvalue weighted by Crippen LogP contribution is 2.14. The maximum absolute atomic E-state index is 12.9. The van der Waals surface area contributed by atoms with Crippen LogP contribution in [0.1, 0.15) is 21.5 Å². The fourth-order valence-electron chi connectivity index (χ4n) is 3.21. The molecule has 1 aromatic heterocycles. The molecule has 1 heterocycles. The highest BCUT2D eigenvalue weighted by atomic mass is 16.5. The van der Waals surface area contributed by atoms with Gasteiger partial charge in [0.1, 0.15) is 23.3 Å². The first kappa shape index (κ1) is 23.2. The Morgan fingerprint density at radius 3 is 2.40 bits per heavy atom. The van der Waals surface area contributed by atoms with Gasteiger partial charge in [-0.3, -0.25) is 14.4 Å². The average molecular weight is 467 g/mol. The van der Waals surface area contributed by atoms with Crippen LogP contribution in [-0.4, -0.2) is 25.1 Å². The fourth-order valence-corrected chi connectivity index (χ4v) is 3.21. The van der Waals surface area contributed by atoms with E-state index in [1.807, 2.05) is 0 Å². The first-order chi connectivity index (χ1) is 17.0. The Balaban J connectivity index is 1.56. The quantitative estimate of drug-likeness (QED) is 0.245. The van der Waals surface area contributed by atoms with Crippen LogP contribution in [0.3, 0.4) is 0 Å². The first-order valence-electron chi connectivity index (χ1n) is 10.6. The Kier molecular flexibility index (Phi) is 7.13. The van der Waals surface area contributed by atoms with Crippen molar-refractivity contribution in [2.75, 3.05) is 7.11 Å². The minimum absolute atomic E-state index is 0.0354. The van der Waals surface area contributed by atoms with Gasteiger partial charge in [-0.15, -0.1) is 0 Å². The summed E-state index contributed by atoms with van der Waals surface area (Å²) >= 11 is 0. The van der Waals surface area contributed by atoms with Gasteiger partial charge in [-0.1, -0.05) is 42.5 Å². The van der Waals surface area contributed by atoms with Gasteiger partial charge in [0.25, 0.3) is 11.8 Å². The molecule has 0 saturated carbocycles. The van der Waals surface area contributed by atoms with Crippen LogP contribution in [0.25, 0.3) is 17.0 Å². The molecule has 3 aromatic carbocycles. The van der Waals surface area contributed by atoms with Gasteiger partial charge in [0.05, 0.1) is 24.3 Å². The van der Waals surface area contributed by atoms with Crippen molar-refractivity contribution < 1.29 is 18.7 Å². The molecular weight excluding hydrogens is 446 g/mol. The molecule has 35 heavy (non-hydrogen) atoms. The van der Waals surface area contributed by atoms with E-state index in [9.17, 15) is 14.4 Å². The monoisotopic (exact) mass is 467 g/mol. The molecule has 0 atom stereocenters. The Hall–Kier alpha value is -4.98. The van der Waals surface area contributed by atoms with Crippen molar-refractivity contribution in [3.63, 3.8) is 0 Å². The zero-order valence-electron chi connectivity index (χ0n) is 18.7. The summed E-state index contributed by atoms with van der Waals surface area (Å²) < 4.78 is 10.6. The van der Waals surface area contributed by atoms with Crippen LogP contribution in [0.4, 0.5) is 0 Å². The average Bonchev–Trinajstić information content (AvgIpc) is 2.90. The molecule has 0 aliphatic rings. The molecule has 0 saturated heterocycles. The van der Waals surface area contributed by atoms with Crippen LogP contribution < -0.4 is 20.9 Å². The summed E-state index contributed by atoms with van der Waals surface area (Å²) in [4.78, 5) is 38.2. The normalized spacial score (nSPS) is 11.4. The summed E-state index contributed by atoms with van der Waals surface area (Å²) in [6.07, 6.45) is 3.97. The molecule has 0 aliphatic heterocycles. The number of para-hydroxylation sites is 1. The molecule has 174 valence electrons. The maximum atomic E-state index is 12.9. The second-order valence-electron chi connectivity index (χ2n) is 7.37. The van der Waals surface area contributed by atoms with Crippen molar-refractivity contribution in [1.82, 2.24) is 10.7 Å². The minimum atomic E-state index is -0.675. The van der Waals surface area contributed by atoms with Crippen molar-refractivity contribution >= 4 is 35.1 Å². The summed E-state index contributed by atoms with van der Waals surface area (Å²) in [6, 6.07) is 22.3. The van der Waals surface area contributed by atoms with Crippen LogP contribution in [0.2, 0.25) is 0 Å². The third-order valence-corrected chi connectivity index (χ3v) is 5.03. The number of amides is 2. The number of ether oxygens (including phenoxy) is 1. The van der Waals surface area contributed by atoms with E-state index >= 15 is 0 Å². The standard InChI is InChI=1S/C27H21N3O5/c1-34-21-13-11-18(12-14-21)15-23(29-26(32)19-7-3-2-4-8-19)27(33)30-28-16-20-17-35-24-10-6-5-9-22(24)25(20)31/h2-17H,1H3,(H,29,32)(H,30,33)/b23-15+,28-16-. The molecule has 4 rings (SSSR count). The van der Waals surface area contributed by atoms with Gasteiger partial charge in [0, 0.05) is 5.56 Å². The van der Waals surface area contributed by atoms with E-state index in [4.69, 9.17) is 9.15 Å². The first-order valence-corrected chi connectivity index (χ1v) is 10.6. The van der Waals surface area contributed by atoms with Crippen LogP contribution in [0.5, 0.6) is 5.75 Å². The molecule has 0 unspecified atom stereocenters. The number of hydrogen-bond acceptors (Lipinski definition) is 6. The van der Waals surface area contributed by atoms with E-state index in [1.54, 1.807) is 86.0 Å². The van der Waals surface area contributed by atoms with Gasteiger partial charge < -0.3 is 14.5 Å². The van der Waals surface area contributed by atoms with Crippen molar-refractivity contribution in [2.24, 2.45) is 5.10 Å². The molecule has 0 fully saturated rings. The minimum Gasteiger partial charge on any atom is -0.497 e. The number of methoxy groups -OCH3 is 1. The topological polar surface area (TPSA) is 110 Å². The highest BCUT2D eigenvalue weighted by Gasteiger charge is 2.14. The Bertz CT molecular complexity index is 1470. The molecule has 0 bridgehead atoms. The lowest BCUT2D eigenvalue weighted by Gasteiger charge is -2.09. The van der Waals surface area contributed by atoms with E-state index < -0.39 is 11.8 Å². The van der Waals surface area contributed by atoms with Crippen molar-refractivity contribution in [1.29, 1.82) is 0 Å². The predicted octanol–water partition coefficient (Wildman–Crippen LogP) is 3.72. The van der Waals surface area contributed by atoms with Crippen LogP contribution in [0.15, 0.2) is 105 Å². The zero-order valence-corrected chi connectivity index (χ0v) is 18.7. The Morgan fingerprint density at radius 1 is 0.943 bits per heavy atom. The molecule has 2 N–H and O–H groups in total. The van der Waals surface area contributed by atoms with Crippen LogP contribution in [0, 0.1) is 0 Å². The third kappa shape index (κ3) is 5.69. The summed E-state index contributed by atoms with van der Waals surface area (Å²) in [6.45, 7) is 0. The molecule has 2 amide bonds. The Labute approximate surface area is 200 Å². The molecule has 8 heteroatoms. The summed E-state index contributed by atoms with van der Waals surface area (Å²) in [7, 11) is 1.55. The zero-order chi connectivity index (χ0) is 24.6. The number of nitrogens with one attached hydrogen (secondary N) is 2. The SMILES string of the molecule is COc1ccc(/C=C(/NC(=O)c2ccccc2)C(=O)N/N=C\c2coc3ccccc3c2=O)cc1. The second kappa shape index (κ2) is 10.8. The van der Waals surface area contributed by atoms with Gasteiger partial charge in [0.15, 0.2) is 0 Å². The maximum Gasteiger partial charge on any atom is 0.287 e. The number of nitrogens with zero attached hydrogens (tertiary/aromatic N) is 1. The van der Waals surface area contributed by atoms with Crippen LogP contribution in [-0.2, 0) is 4.79 Å². The van der Waals surface area contributed by atoms with Crippen molar-refractivity contribution in [3.8, 4) is 5.75 Å². The Morgan fingerprint density at radius 2 is 1.66 bits per heavy atom. The summed E-state index contributed by atoms with van der Waals surface area (Å²) in [5.74, 6) is -0.480. The van der Waals surface area contributed by atoms with Crippen LogP contribution >= 0.6 is 0 Å². The van der Waals surface area contributed by atoms with Gasteiger partial charge in [-0.25, -0.2) is 5.43 Å². The van der Waals surface area contributed by atoms with E-state index in [0.717, 1.165) is 0 Å². The largest absolute Gasteiger partial charge is 0.497 e. The lowest BCUT2D eigenvalue weighted by Crippen LogP contribution is -2.32. The smallest absolute Gasteiger partial charge is 0.287 e. The molecule has 0 spiro atoms. The fraction of sp³-hybridized carbons (Fsp3) is 0.0370. The molecule has 0 aliphatic carbocycles. The van der Waals surface area contributed by atoms with E-state index in [0.29, 0.717) is 27.8 Å². The van der Waals surface area contributed by atoms with E-state index in [2.05, 4.69) is 15.8 Å². The highest BCUT2D eigenvalue weighted by molar-refractivity contribution is 6.05. The number of hydrazone groups is 1. The van der Waals surface area contributed by atoms with Gasteiger partial charge in [-0.2, -0.15) is 5.10 Å². The van der Waals surface area contributed by atoms with Crippen molar-refractivity contribution in [2.45, 2.75) is 0 Å². The molecule has 8 nitrogen and oxygen atoms in total.